The summed E-state index contributed by atoms with van der Waals surface area (Å²) in [6.07, 6.45) is 2.56. The van der Waals surface area contributed by atoms with Crippen LogP contribution in [0.2, 0.25) is 0 Å². The van der Waals surface area contributed by atoms with E-state index in [0.29, 0.717) is 23.6 Å². The Morgan fingerprint density at radius 2 is 1.79 bits per heavy atom. The minimum absolute atomic E-state index is 0.0314. The van der Waals surface area contributed by atoms with Crippen LogP contribution in [0.5, 0.6) is 11.5 Å². The van der Waals surface area contributed by atoms with Crippen molar-refractivity contribution in [3.63, 3.8) is 0 Å². The lowest BCUT2D eigenvalue weighted by Gasteiger charge is -2.47. The van der Waals surface area contributed by atoms with E-state index in [2.05, 4.69) is 4.90 Å². The second-order valence-corrected chi connectivity index (χ2v) is 6.36. The number of nitrogens with zero attached hydrogens (tertiary/aromatic N) is 2. The standard InChI is InChI=1S/C18H26N2O4/c1-22-15-7-9-19(10-8-15)14-11-20(12-14)18(21)13-24-17-6-4-3-5-16(17)23-2/h3-6,14-15H,7-13H2,1-2H3. The molecule has 3 rings (SSSR count). The summed E-state index contributed by atoms with van der Waals surface area (Å²) in [5, 5.41) is 0. The van der Waals surface area contributed by atoms with Crippen LogP contribution in [-0.2, 0) is 9.53 Å². The molecule has 0 atom stereocenters. The van der Waals surface area contributed by atoms with Crippen molar-refractivity contribution in [3.8, 4) is 11.5 Å². The van der Waals surface area contributed by atoms with Crippen molar-refractivity contribution in [3.05, 3.63) is 24.3 Å². The van der Waals surface area contributed by atoms with E-state index in [1.807, 2.05) is 29.2 Å². The van der Waals surface area contributed by atoms with Gasteiger partial charge in [-0.25, -0.2) is 0 Å². The predicted octanol–water partition coefficient (Wildman–Crippen LogP) is 1.40. The smallest absolute Gasteiger partial charge is 0.260 e. The Kier molecular flexibility index (Phi) is 5.58. The molecule has 1 amide bonds. The van der Waals surface area contributed by atoms with Crippen LogP contribution in [0.1, 0.15) is 12.8 Å². The number of rotatable bonds is 6. The van der Waals surface area contributed by atoms with Crippen molar-refractivity contribution < 1.29 is 19.0 Å². The monoisotopic (exact) mass is 334 g/mol. The van der Waals surface area contributed by atoms with E-state index in [0.717, 1.165) is 39.0 Å². The first-order chi connectivity index (χ1) is 11.7. The van der Waals surface area contributed by atoms with E-state index in [1.54, 1.807) is 14.2 Å². The average molecular weight is 334 g/mol. The lowest BCUT2D eigenvalue weighted by Crippen LogP contribution is -2.63. The molecular formula is C18H26N2O4. The number of hydrogen-bond donors (Lipinski definition) is 0. The topological polar surface area (TPSA) is 51.2 Å². The zero-order valence-corrected chi connectivity index (χ0v) is 14.4. The Morgan fingerprint density at radius 1 is 1.12 bits per heavy atom. The maximum absolute atomic E-state index is 12.2. The van der Waals surface area contributed by atoms with Gasteiger partial charge in [0, 0.05) is 39.3 Å². The van der Waals surface area contributed by atoms with E-state index in [1.165, 1.54) is 0 Å². The summed E-state index contributed by atoms with van der Waals surface area (Å²) in [6.45, 7) is 3.77. The number of benzene rings is 1. The molecule has 2 fully saturated rings. The minimum atomic E-state index is 0.0314. The maximum Gasteiger partial charge on any atom is 0.260 e. The van der Waals surface area contributed by atoms with Crippen LogP contribution >= 0.6 is 0 Å². The number of methoxy groups -OCH3 is 2. The van der Waals surface area contributed by atoms with Gasteiger partial charge in [-0.05, 0) is 25.0 Å². The maximum atomic E-state index is 12.2. The largest absolute Gasteiger partial charge is 0.493 e. The molecule has 0 saturated carbocycles. The quantitative estimate of drug-likeness (QED) is 0.787. The van der Waals surface area contributed by atoms with Crippen LogP contribution in [0, 0.1) is 0 Å². The second-order valence-electron chi connectivity index (χ2n) is 6.36. The summed E-state index contributed by atoms with van der Waals surface area (Å²) in [5.74, 6) is 1.28. The third-order valence-electron chi connectivity index (χ3n) is 4.96. The number of hydrogen-bond acceptors (Lipinski definition) is 5. The van der Waals surface area contributed by atoms with Crippen LogP contribution in [0.3, 0.4) is 0 Å². The highest BCUT2D eigenvalue weighted by atomic mass is 16.5. The van der Waals surface area contributed by atoms with Crippen molar-refractivity contribution >= 4 is 5.91 Å². The number of amides is 1. The zero-order valence-electron chi connectivity index (χ0n) is 14.4. The molecule has 2 aliphatic heterocycles. The van der Waals surface area contributed by atoms with Crippen LogP contribution in [0.25, 0.3) is 0 Å². The molecule has 0 radical (unpaired) electrons. The molecule has 2 heterocycles. The van der Waals surface area contributed by atoms with E-state index in [-0.39, 0.29) is 12.5 Å². The van der Waals surface area contributed by atoms with E-state index in [4.69, 9.17) is 14.2 Å². The molecule has 0 spiro atoms. The minimum Gasteiger partial charge on any atom is -0.493 e. The van der Waals surface area contributed by atoms with Gasteiger partial charge in [-0.1, -0.05) is 12.1 Å². The SMILES string of the molecule is COc1ccccc1OCC(=O)N1CC(N2CCC(OC)CC2)C1. The number of para-hydroxylation sites is 2. The van der Waals surface area contributed by atoms with E-state index in [9.17, 15) is 4.79 Å². The molecule has 0 unspecified atom stereocenters. The molecule has 0 N–H and O–H groups in total. The van der Waals surface area contributed by atoms with Crippen LogP contribution in [0.4, 0.5) is 0 Å². The number of likely N-dealkylation sites (tertiary alicyclic amines) is 2. The van der Waals surface area contributed by atoms with Crippen LogP contribution in [0.15, 0.2) is 24.3 Å². The number of piperidine rings is 1. The highest BCUT2D eigenvalue weighted by Crippen LogP contribution is 2.26. The summed E-state index contributed by atoms with van der Waals surface area (Å²) in [4.78, 5) is 16.6. The Morgan fingerprint density at radius 3 is 2.42 bits per heavy atom. The summed E-state index contributed by atoms with van der Waals surface area (Å²) in [7, 11) is 3.38. The summed E-state index contributed by atoms with van der Waals surface area (Å²) < 4.78 is 16.2. The molecule has 0 aliphatic carbocycles. The number of ether oxygens (including phenoxy) is 3. The summed E-state index contributed by atoms with van der Waals surface area (Å²) in [5.41, 5.74) is 0. The molecule has 2 aliphatic rings. The first kappa shape index (κ1) is 17.0. The van der Waals surface area contributed by atoms with Gasteiger partial charge in [-0.3, -0.25) is 9.69 Å². The zero-order chi connectivity index (χ0) is 16.9. The van der Waals surface area contributed by atoms with Crippen molar-refractivity contribution in [2.45, 2.75) is 25.0 Å². The van der Waals surface area contributed by atoms with Gasteiger partial charge in [0.15, 0.2) is 18.1 Å². The first-order valence-corrected chi connectivity index (χ1v) is 8.51. The summed E-state index contributed by atoms with van der Waals surface area (Å²) in [6, 6.07) is 7.86. The number of carbonyl (C=O) groups excluding carboxylic acids is 1. The van der Waals surface area contributed by atoms with Crippen LogP contribution in [-0.4, -0.2) is 74.9 Å². The van der Waals surface area contributed by atoms with Crippen molar-refractivity contribution in [2.24, 2.45) is 0 Å². The molecule has 24 heavy (non-hydrogen) atoms. The van der Waals surface area contributed by atoms with Gasteiger partial charge in [0.25, 0.3) is 5.91 Å². The fourth-order valence-corrected chi connectivity index (χ4v) is 3.34. The van der Waals surface area contributed by atoms with Crippen LogP contribution < -0.4 is 9.47 Å². The highest BCUT2D eigenvalue weighted by molar-refractivity contribution is 5.78. The van der Waals surface area contributed by atoms with E-state index < -0.39 is 0 Å². The molecule has 2 saturated heterocycles. The predicted molar refractivity (Wildman–Crippen MR) is 90.5 cm³/mol. The molecule has 0 bridgehead atoms. The molecule has 132 valence electrons. The van der Waals surface area contributed by atoms with Gasteiger partial charge in [0.1, 0.15) is 0 Å². The van der Waals surface area contributed by atoms with Gasteiger partial charge in [-0.2, -0.15) is 0 Å². The van der Waals surface area contributed by atoms with Crippen molar-refractivity contribution in [2.75, 3.05) is 47.0 Å². The molecule has 6 heteroatoms. The highest BCUT2D eigenvalue weighted by Gasteiger charge is 2.36. The molecule has 0 aromatic heterocycles. The Hall–Kier alpha value is -1.79. The lowest BCUT2D eigenvalue weighted by atomic mass is 10.0. The molecule has 6 nitrogen and oxygen atoms in total. The normalized spacial score (nSPS) is 19.8. The Balaban J connectivity index is 1.40. The first-order valence-electron chi connectivity index (χ1n) is 8.51. The molecule has 1 aromatic carbocycles. The van der Waals surface area contributed by atoms with Gasteiger partial charge < -0.3 is 19.1 Å². The van der Waals surface area contributed by atoms with Crippen molar-refractivity contribution in [1.29, 1.82) is 0 Å². The van der Waals surface area contributed by atoms with Gasteiger partial charge >= 0.3 is 0 Å². The average Bonchev–Trinajstić information content (AvgIpc) is 2.59. The van der Waals surface area contributed by atoms with Gasteiger partial charge in [0.05, 0.1) is 13.2 Å². The van der Waals surface area contributed by atoms with Crippen molar-refractivity contribution in [1.82, 2.24) is 9.80 Å². The second kappa shape index (κ2) is 7.85. The van der Waals surface area contributed by atoms with E-state index >= 15 is 0 Å². The fraction of sp³-hybridized carbons (Fsp3) is 0.611. The Bertz CT molecular complexity index is 552. The Labute approximate surface area is 143 Å². The van der Waals surface area contributed by atoms with Gasteiger partial charge in [0.2, 0.25) is 0 Å². The fourth-order valence-electron chi connectivity index (χ4n) is 3.34. The molecular weight excluding hydrogens is 308 g/mol. The third kappa shape index (κ3) is 3.82. The number of carbonyl (C=O) groups is 1. The third-order valence-corrected chi connectivity index (χ3v) is 4.96. The van der Waals surface area contributed by atoms with Gasteiger partial charge in [-0.15, -0.1) is 0 Å². The molecule has 1 aromatic rings. The summed E-state index contributed by atoms with van der Waals surface area (Å²) >= 11 is 0. The lowest BCUT2D eigenvalue weighted by molar-refractivity contribution is -0.141.